The first-order valence-corrected chi connectivity index (χ1v) is 0. The molecule has 0 spiro atoms. The minimum absolute atomic E-state index is 0. The molecule has 0 aliphatic heterocycles. The monoisotopic (exact) mass is 316 g/mol. The summed E-state index contributed by atoms with van der Waals surface area (Å²) in [6.07, 6.45) is 0. The summed E-state index contributed by atoms with van der Waals surface area (Å²) in [5.41, 5.74) is 0. The molecular formula is H10Na4O7V2. The van der Waals surface area contributed by atoms with E-state index < -0.39 is 0 Å². The average molecular weight is 316 g/mol. The van der Waals surface area contributed by atoms with Gasteiger partial charge in [-0.1, -0.05) is 0 Å². The van der Waals surface area contributed by atoms with Crippen LogP contribution in [0.1, 0.15) is 0 Å². The summed E-state index contributed by atoms with van der Waals surface area (Å²) in [4.78, 5) is 0. The van der Waals surface area contributed by atoms with Gasteiger partial charge in [-0.3, -0.25) is 0 Å². The number of hydrogen-bond acceptors (Lipinski definition) is 4. The second kappa shape index (κ2) is 178. The third-order valence-corrected chi connectivity index (χ3v) is 0. The third-order valence-electron chi connectivity index (χ3n) is 0. The molecule has 0 heterocycles. The molecule has 0 aliphatic rings. The van der Waals surface area contributed by atoms with Crippen molar-refractivity contribution >= 4 is 0 Å². The minimum Gasteiger partial charge on any atom is -0.870 e. The van der Waals surface area contributed by atoms with E-state index in [9.17, 15) is 0 Å². The molecule has 0 fully saturated rings. The van der Waals surface area contributed by atoms with Crippen LogP contribution in [0.4, 0.5) is 0 Å². The zero-order valence-electron chi connectivity index (χ0n) is 8.18. The van der Waals surface area contributed by atoms with E-state index in [0.29, 0.717) is 0 Å². The van der Waals surface area contributed by atoms with Crippen molar-refractivity contribution in [2.24, 2.45) is 0 Å². The first-order chi connectivity index (χ1) is 0. The molecule has 66 valence electrons. The van der Waals surface area contributed by atoms with Crippen LogP contribution in [-0.2, 0) is 37.1 Å². The van der Waals surface area contributed by atoms with Crippen LogP contribution in [-0.4, -0.2) is 38.3 Å². The second-order valence-corrected chi connectivity index (χ2v) is 0. The van der Waals surface area contributed by atoms with Gasteiger partial charge in [-0.2, -0.15) is 0 Å². The molecule has 10 N–H and O–H groups in total. The van der Waals surface area contributed by atoms with Gasteiger partial charge < -0.3 is 38.3 Å². The quantitative estimate of drug-likeness (QED) is 0.397. The van der Waals surface area contributed by atoms with Crippen molar-refractivity contribution in [3.8, 4) is 0 Å². The molecule has 13 heavy (non-hydrogen) atoms. The summed E-state index contributed by atoms with van der Waals surface area (Å²) < 4.78 is 0. The zero-order valence-corrected chi connectivity index (χ0v) is 19.0. The Kier molecular flexibility index (Phi) is 2930. The van der Waals surface area contributed by atoms with E-state index in [1.807, 2.05) is 0 Å². The van der Waals surface area contributed by atoms with Gasteiger partial charge in [0, 0.05) is 37.1 Å². The fraction of sp³-hybridized carbons (Fsp3) is 0. The van der Waals surface area contributed by atoms with Gasteiger partial charge in [0.05, 0.1) is 0 Å². The van der Waals surface area contributed by atoms with E-state index in [-0.39, 0.29) is 194 Å². The van der Waals surface area contributed by atoms with Crippen molar-refractivity contribution in [1.82, 2.24) is 0 Å². The van der Waals surface area contributed by atoms with Crippen molar-refractivity contribution in [3.05, 3.63) is 0 Å². The van der Waals surface area contributed by atoms with E-state index in [4.69, 9.17) is 0 Å². The Labute approximate surface area is 189 Å². The summed E-state index contributed by atoms with van der Waals surface area (Å²) in [6.45, 7) is 0. The maximum Gasteiger partial charge on any atom is 1.00 e. The van der Waals surface area contributed by atoms with Crippen LogP contribution >= 0.6 is 0 Å². The van der Waals surface area contributed by atoms with Crippen molar-refractivity contribution < 1.29 is 194 Å². The van der Waals surface area contributed by atoms with Crippen LogP contribution in [0.3, 0.4) is 0 Å². The molecule has 0 amide bonds. The van der Waals surface area contributed by atoms with Crippen LogP contribution in [0.15, 0.2) is 0 Å². The molecule has 0 rings (SSSR count). The van der Waals surface area contributed by atoms with Gasteiger partial charge in [-0.15, -0.1) is 0 Å². The Morgan fingerprint density at radius 1 is 0.308 bits per heavy atom. The molecule has 0 aromatic carbocycles. The van der Waals surface area contributed by atoms with Crippen molar-refractivity contribution in [2.75, 3.05) is 0 Å². The first-order valence-electron chi connectivity index (χ1n) is 0. The van der Waals surface area contributed by atoms with E-state index in [1.165, 1.54) is 0 Å². The third kappa shape index (κ3) is 157. The predicted molar refractivity (Wildman–Crippen MR) is 18.6 cm³/mol. The Balaban J connectivity index is 0. The van der Waals surface area contributed by atoms with Gasteiger partial charge in [0.25, 0.3) is 0 Å². The smallest absolute Gasteiger partial charge is 0.870 e. The van der Waals surface area contributed by atoms with Gasteiger partial charge >= 0.3 is 118 Å². The van der Waals surface area contributed by atoms with Crippen LogP contribution in [0.5, 0.6) is 0 Å². The van der Waals surface area contributed by atoms with E-state index in [2.05, 4.69) is 0 Å². The summed E-state index contributed by atoms with van der Waals surface area (Å²) in [6, 6.07) is 0. The molecule has 0 atom stereocenters. The molecule has 7 nitrogen and oxygen atoms in total. The normalized spacial score (nSPS) is 0. The topological polar surface area (TPSA) is 214 Å². The maximum atomic E-state index is 0. The zero-order chi connectivity index (χ0) is 0. The molecule has 0 saturated carbocycles. The van der Waals surface area contributed by atoms with E-state index in [0.717, 1.165) is 0 Å². The van der Waals surface area contributed by atoms with Gasteiger partial charge in [-0.25, -0.2) is 0 Å². The van der Waals surface area contributed by atoms with Gasteiger partial charge in [0.1, 0.15) is 0 Å². The van der Waals surface area contributed by atoms with Crippen LogP contribution < -0.4 is 118 Å². The van der Waals surface area contributed by atoms with E-state index in [1.54, 1.807) is 0 Å². The Bertz CT molecular complexity index is 18.5. The second-order valence-electron chi connectivity index (χ2n) is 0. The van der Waals surface area contributed by atoms with Crippen LogP contribution in [0.25, 0.3) is 0 Å². The molecule has 0 aromatic heterocycles. The molecule has 0 aliphatic carbocycles. The fourth-order valence-corrected chi connectivity index (χ4v) is 0. The molecule has 0 saturated heterocycles. The van der Waals surface area contributed by atoms with Crippen LogP contribution in [0, 0.1) is 0 Å². The molecule has 13 heteroatoms. The van der Waals surface area contributed by atoms with Gasteiger partial charge in [0.2, 0.25) is 0 Å². The predicted octanol–water partition coefficient (Wildman–Crippen LogP) is -15.2. The molecule has 0 aromatic rings. The van der Waals surface area contributed by atoms with Gasteiger partial charge in [-0.05, 0) is 0 Å². The van der Waals surface area contributed by atoms with Crippen molar-refractivity contribution in [1.29, 1.82) is 0 Å². The van der Waals surface area contributed by atoms with Crippen LogP contribution in [0.2, 0.25) is 0 Å². The van der Waals surface area contributed by atoms with Crippen molar-refractivity contribution in [3.63, 3.8) is 0 Å². The number of hydrogen-bond donors (Lipinski definition) is 0. The molecule has 0 unspecified atom stereocenters. The fourth-order valence-electron chi connectivity index (χ4n) is 0. The maximum absolute atomic E-state index is 0. The average Bonchev–Trinajstić information content (AvgIpc) is 0. The molecule has 0 bridgehead atoms. The first kappa shape index (κ1) is 213. The largest absolute Gasteiger partial charge is 1.00 e. The molecular weight excluding hydrogens is 306 g/mol. The summed E-state index contributed by atoms with van der Waals surface area (Å²) >= 11 is 0. The SMILES string of the molecule is O.O.O.[Na+].[Na+].[Na+].[Na+].[OH-].[OH-].[OH-].[OH-].[V].[V]. The van der Waals surface area contributed by atoms with Crippen molar-refractivity contribution in [2.45, 2.75) is 0 Å². The molecule has 2 radical (unpaired) electrons. The summed E-state index contributed by atoms with van der Waals surface area (Å²) in [5.74, 6) is 0. The summed E-state index contributed by atoms with van der Waals surface area (Å²) in [5, 5.41) is 0. The standard InChI is InChI=1S/4Na.7H2O.2V/h;;;;7*1H2;;/q4*+1;;;;;;;;;/p-4. The number of rotatable bonds is 0. The Morgan fingerprint density at radius 3 is 0.308 bits per heavy atom. The van der Waals surface area contributed by atoms with E-state index >= 15 is 0 Å². The minimum atomic E-state index is 0. The summed E-state index contributed by atoms with van der Waals surface area (Å²) in [7, 11) is 0. The Hall–Kier alpha value is 4.89. The van der Waals surface area contributed by atoms with Gasteiger partial charge in [0.15, 0.2) is 0 Å². The Morgan fingerprint density at radius 2 is 0.308 bits per heavy atom.